The summed E-state index contributed by atoms with van der Waals surface area (Å²) in [4.78, 5) is 11.9. The van der Waals surface area contributed by atoms with E-state index in [2.05, 4.69) is 4.72 Å². The maximum Gasteiger partial charge on any atom is 0.237 e. The van der Waals surface area contributed by atoms with Gasteiger partial charge in [-0.15, -0.1) is 0 Å². The van der Waals surface area contributed by atoms with Crippen molar-refractivity contribution in [3.63, 3.8) is 0 Å². The molecule has 104 valence electrons. The fraction of sp³-hybridized carbons (Fsp3) is 0.267. The monoisotopic (exact) mass is 289 g/mol. The maximum atomic E-state index is 11.9. The first kappa shape index (κ1) is 13.1. The van der Waals surface area contributed by atoms with Gasteiger partial charge >= 0.3 is 0 Å². The molecule has 5 heteroatoms. The van der Waals surface area contributed by atoms with Gasteiger partial charge in [0.15, 0.2) is 0 Å². The third-order valence-electron chi connectivity index (χ3n) is 3.64. The molecular weight excluding hydrogens is 274 g/mol. The fourth-order valence-electron chi connectivity index (χ4n) is 2.66. The number of hydrogen-bond donors (Lipinski definition) is 1. The van der Waals surface area contributed by atoms with Gasteiger partial charge in [-0.05, 0) is 28.7 Å². The number of fused-ring (bicyclic) bond motifs is 1. The number of carbonyl (C=O) groups excluding carboxylic acids is 1. The Kier molecular flexibility index (Phi) is 3.01. The molecular formula is C15H15NO3S. The van der Waals surface area contributed by atoms with E-state index in [-0.39, 0.29) is 11.8 Å². The van der Waals surface area contributed by atoms with Gasteiger partial charge in [0.1, 0.15) is 0 Å². The van der Waals surface area contributed by atoms with Crippen molar-refractivity contribution in [2.45, 2.75) is 12.3 Å². The predicted molar refractivity (Wildman–Crippen MR) is 77.8 cm³/mol. The minimum atomic E-state index is -3.48. The molecule has 0 heterocycles. The molecule has 2 aromatic carbocycles. The molecule has 1 aliphatic carbocycles. The highest BCUT2D eigenvalue weighted by Gasteiger charge is 2.45. The van der Waals surface area contributed by atoms with Crippen LogP contribution in [-0.2, 0) is 14.8 Å². The first-order valence-corrected chi connectivity index (χ1v) is 8.34. The molecule has 20 heavy (non-hydrogen) atoms. The van der Waals surface area contributed by atoms with Crippen LogP contribution in [0.15, 0.2) is 42.5 Å². The highest BCUT2D eigenvalue weighted by Crippen LogP contribution is 2.49. The molecule has 1 aliphatic rings. The number of amides is 1. The Labute approximate surface area is 117 Å². The molecule has 2 aromatic rings. The van der Waals surface area contributed by atoms with E-state index in [1.54, 1.807) is 0 Å². The average molecular weight is 289 g/mol. The number of carbonyl (C=O) groups is 1. The van der Waals surface area contributed by atoms with E-state index in [1.165, 1.54) is 0 Å². The normalized spacial score (nSPS) is 21.6. The lowest BCUT2D eigenvalue weighted by atomic mass is 10.0. The molecule has 4 nitrogen and oxygen atoms in total. The lowest BCUT2D eigenvalue weighted by molar-refractivity contribution is -0.120. The van der Waals surface area contributed by atoms with Crippen LogP contribution in [0.1, 0.15) is 17.9 Å². The number of benzene rings is 2. The zero-order valence-electron chi connectivity index (χ0n) is 11.0. The molecule has 1 N–H and O–H groups in total. The van der Waals surface area contributed by atoms with Gasteiger partial charge < -0.3 is 0 Å². The van der Waals surface area contributed by atoms with Gasteiger partial charge in [0.25, 0.3) is 0 Å². The van der Waals surface area contributed by atoms with Gasteiger partial charge in [-0.1, -0.05) is 42.5 Å². The van der Waals surface area contributed by atoms with Crippen molar-refractivity contribution >= 4 is 26.7 Å². The summed E-state index contributed by atoms with van der Waals surface area (Å²) in [6.45, 7) is 0. The Hall–Kier alpha value is -1.88. The summed E-state index contributed by atoms with van der Waals surface area (Å²) in [7, 11) is -3.48. The van der Waals surface area contributed by atoms with Gasteiger partial charge in [-0.25, -0.2) is 8.42 Å². The van der Waals surface area contributed by atoms with E-state index in [0.717, 1.165) is 22.6 Å². The second-order valence-electron chi connectivity index (χ2n) is 5.26. The Morgan fingerprint density at radius 2 is 1.85 bits per heavy atom. The van der Waals surface area contributed by atoms with Crippen molar-refractivity contribution < 1.29 is 13.2 Å². The van der Waals surface area contributed by atoms with E-state index >= 15 is 0 Å². The minimum absolute atomic E-state index is 0.114. The molecule has 0 saturated heterocycles. The van der Waals surface area contributed by atoms with Crippen LogP contribution in [0.4, 0.5) is 0 Å². The highest BCUT2D eigenvalue weighted by molar-refractivity contribution is 7.89. The van der Waals surface area contributed by atoms with Crippen LogP contribution in [0.25, 0.3) is 10.8 Å². The number of nitrogens with one attached hydrogen (secondary N) is 1. The van der Waals surface area contributed by atoms with Gasteiger partial charge in [-0.2, -0.15) is 0 Å². The average Bonchev–Trinajstić information content (AvgIpc) is 3.16. The maximum absolute atomic E-state index is 11.9. The number of rotatable bonds is 3. The topological polar surface area (TPSA) is 63.2 Å². The third-order valence-corrected chi connectivity index (χ3v) is 4.21. The highest BCUT2D eigenvalue weighted by atomic mass is 32.2. The molecule has 2 unspecified atom stereocenters. The summed E-state index contributed by atoms with van der Waals surface area (Å²) in [5.41, 5.74) is 1.12. The van der Waals surface area contributed by atoms with Crippen LogP contribution >= 0.6 is 0 Å². The van der Waals surface area contributed by atoms with Crippen LogP contribution in [0, 0.1) is 5.92 Å². The van der Waals surface area contributed by atoms with Gasteiger partial charge in [0, 0.05) is 5.92 Å². The second kappa shape index (κ2) is 4.59. The SMILES string of the molecule is CS(=O)(=O)NC(=O)C1CC1c1cccc2ccccc12. The van der Waals surface area contributed by atoms with E-state index < -0.39 is 15.9 Å². The Morgan fingerprint density at radius 1 is 1.15 bits per heavy atom. The molecule has 0 radical (unpaired) electrons. The number of hydrogen-bond acceptors (Lipinski definition) is 3. The first-order valence-electron chi connectivity index (χ1n) is 6.45. The van der Waals surface area contributed by atoms with Crippen LogP contribution in [0.2, 0.25) is 0 Å². The fourth-order valence-corrected chi connectivity index (χ4v) is 3.18. The smallest absolute Gasteiger partial charge is 0.237 e. The molecule has 0 aliphatic heterocycles. The molecule has 0 bridgehead atoms. The van der Waals surface area contributed by atoms with Crippen LogP contribution in [-0.4, -0.2) is 20.6 Å². The van der Waals surface area contributed by atoms with Crippen LogP contribution < -0.4 is 4.72 Å². The van der Waals surface area contributed by atoms with Crippen molar-refractivity contribution in [1.29, 1.82) is 0 Å². The Bertz CT molecular complexity index is 777. The first-order chi connectivity index (χ1) is 9.46. The molecule has 2 atom stereocenters. The zero-order valence-corrected chi connectivity index (χ0v) is 11.9. The predicted octanol–water partition coefficient (Wildman–Crippen LogP) is 2.02. The third kappa shape index (κ3) is 2.54. The minimum Gasteiger partial charge on any atom is -0.274 e. The van der Waals surface area contributed by atoms with Crippen molar-refractivity contribution in [1.82, 2.24) is 4.72 Å². The van der Waals surface area contributed by atoms with Gasteiger partial charge in [-0.3, -0.25) is 9.52 Å². The van der Waals surface area contributed by atoms with Crippen molar-refractivity contribution in [3.8, 4) is 0 Å². The summed E-state index contributed by atoms with van der Waals surface area (Å²) in [5.74, 6) is -0.524. The zero-order chi connectivity index (χ0) is 14.3. The van der Waals surface area contributed by atoms with Gasteiger partial charge in [0.05, 0.1) is 6.26 Å². The van der Waals surface area contributed by atoms with Crippen molar-refractivity contribution in [3.05, 3.63) is 48.0 Å². The van der Waals surface area contributed by atoms with Crippen molar-refractivity contribution in [2.75, 3.05) is 6.26 Å². The van der Waals surface area contributed by atoms with Crippen molar-refractivity contribution in [2.24, 2.45) is 5.92 Å². The molecule has 0 aromatic heterocycles. The summed E-state index contributed by atoms with van der Waals surface area (Å²) in [6.07, 6.45) is 1.70. The van der Waals surface area contributed by atoms with E-state index in [9.17, 15) is 13.2 Å². The molecule has 1 amide bonds. The summed E-state index contributed by atoms with van der Waals surface area (Å²) in [5, 5.41) is 2.27. The lowest BCUT2D eigenvalue weighted by Gasteiger charge is -2.06. The number of sulfonamides is 1. The Balaban J connectivity index is 1.87. The second-order valence-corrected chi connectivity index (χ2v) is 7.00. The molecule has 0 spiro atoms. The van der Waals surface area contributed by atoms with Crippen LogP contribution in [0.5, 0.6) is 0 Å². The lowest BCUT2D eigenvalue weighted by Crippen LogP contribution is -2.30. The summed E-state index contributed by atoms with van der Waals surface area (Å²) < 4.78 is 24.3. The van der Waals surface area contributed by atoms with Gasteiger partial charge in [0.2, 0.25) is 15.9 Å². The van der Waals surface area contributed by atoms with Crippen LogP contribution in [0.3, 0.4) is 0 Å². The molecule has 1 saturated carbocycles. The Morgan fingerprint density at radius 3 is 2.60 bits per heavy atom. The standard InChI is InChI=1S/C15H15NO3S/c1-20(18,19)16-15(17)14-9-13(14)12-8-4-6-10-5-2-3-7-11(10)12/h2-8,13-14H,9H2,1H3,(H,16,17). The summed E-state index contributed by atoms with van der Waals surface area (Å²) >= 11 is 0. The quantitative estimate of drug-likeness (QED) is 0.940. The summed E-state index contributed by atoms with van der Waals surface area (Å²) in [6, 6.07) is 14.0. The molecule has 3 rings (SSSR count). The van der Waals surface area contributed by atoms with E-state index in [0.29, 0.717) is 6.42 Å². The largest absolute Gasteiger partial charge is 0.274 e. The molecule has 1 fully saturated rings. The van der Waals surface area contributed by atoms with E-state index in [4.69, 9.17) is 0 Å². The van der Waals surface area contributed by atoms with E-state index in [1.807, 2.05) is 42.5 Å².